The molecule has 1 saturated carbocycles. The molecule has 4 rings (SSSR count). The first-order valence-corrected chi connectivity index (χ1v) is 9.39. The highest BCUT2D eigenvalue weighted by molar-refractivity contribution is 5.82. The number of piperazine rings is 1. The van der Waals surface area contributed by atoms with Gasteiger partial charge in [0, 0.05) is 24.7 Å². The van der Waals surface area contributed by atoms with Crippen molar-refractivity contribution in [3.63, 3.8) is 0 Å². The van der Waals surface area contributed by atoms with Crippen LogP contribution in [0.4, 0.5) is 0 Å². The van der Waals surface area contributed by atoms with Crippen LogP contribution in [0.5, 0.6) is 0 Å². The molecule has 0 unspecified atom stereocenters. The number of aliphatic hydroxyl groups is 1. The van der Waals surface area contributed by atoms with E-state index in [1.54, 1.807) is 0 Å². The smallest absolute Gasteiger partial charge is 0.234 e. The predicted octanol–water partition coefficient (Wildman–Crippen LogP) is 0.595. The van der Waals surface area contributed by atoms with Crippen molar-refractivity contribution >= 4 is 22.7 Å². The molecule has 0 radical (unpaired) electrons. The molecule has 2 aliphatic rings. The predicted molar refractivity (Wildman–Crippen MR) is 101 cm³/mol. The van der Waals surface area contributed by atoms with Gasteiger partial charge in [-0.3, -0.25) is 19.5 Å². The molecule has 2 aromatic rings. The average Bonchev–Trinajstić information content (AvgIpc) is 2.63. The van der Waals surface area contributed by atoms with Crippen LogP contribution in [0.15, 0.2) is 36.5 Å². The maximum atomic E-state index is 12.6. The Morgan fingerprint density at radius 2 is 2.19 bits per heavy atom. The van der Waals surface area contributed by atoms with Gasteiger partial charge in [-0.1, -0.05) is 18.2 Å². The van der Waals surface area contributed by atoms with E-state index in [1.807, 2.05) is 35.4 Å². The largest absolute Gasteiger partial charge is 0.393 e. The van der Waals surface area contributed by atoms with Crippen LogP contribution in [0.1, 0.15) is 24.4 Å². The summed E-state index contributed by atoms with van der Waals surface area (Å²) in [6, 6.07) is 9.76. The first-order chi connectivity index (χ1) is 13.1. The summed E-state index contributed by atoms with van der Waals surface area (Å²) in [4.78, 5) is 30.5. The van der Waals surface area contributed by atoms with E-state index in [4.69, 9.17) is 0 Å². The maximum absolute atomic E-state index is 12.6. The van der Waals surface area contributed by atoms with E-state index in [9.17, 15) is 14.7 Å². The van der Waals surface area contributed by atoms with Gasteiger partial charge in [0.25, 0.3) is 0 Å². The second kappa shape index (κ2) is 7.62. The monoisotopic (exact) mass is 368 g/mol. The molecule has 0 bridgehead atoms. The second-order valence-corrected chi connectivity index (χ2v) is 7.45. The molecular weight excluding hydrogens is 344 g/mol. The van der Waals surface area contributed by atoms with Crippen LogP contribution >= 0.6 is 0 Å². The molecule has 0 spiro atoms. The Balaban J connectivity index is 1.50. The number of fused-ring (bicyclic) bond motifs is 1. The van der Waals surface area contributed by atoms with Crippen LogP contribution in [-0.4, -0.2) is 59.1 Å². The lowest BCUT2D eigenvalue weighted by atomic mass is 9.75. The lowest BCUT2D eigenvalue weighted by Crippen LogP contribution is -2.51. The van der Waals surface area contributed by atoms with Crippen LogP contribution in [0.3, 0.4) is 0 Å². The molecule has 1 aromatic carbocycles. The van der Waals surface area contributed by atoms with Crippen molar-refractivity contribution in [2.45, 2.75) is 25.0 Å². The first-order valence-electron chi connectivity index (χ1n) is 9.39. The molecule has 1 saturated heterocycles. The van der Waals surface area contributed by atoms with Crippen molar-refractivity contribution in [1.82, 2.24) is 20.5 Å². The molecule has 1 atom stereocenters. The van der Waals surface area contributed by atoms with Crippen molar-refractivity contribution in [2.75, 3.05) is 26.2 Å². The number of nitrogens with zero attached hydrogens (tertiary/aromatic N) is 2. The minimum absolute atomic E-state index is 0.0496. The zero-order chi connectivity index (χ0) is 18.8. The first kappa shape index (κ1) is 17.9. The minimum atomic E-state index is -0.298. The Morgan fingerprint density at radius 3 is 2.96 bits per heavy atom. The fourth-order valence-electron chi connectivity index (χ4n) is 3.88. The third-order valence-electron chi connectivity index (χ3n) is 5.39. The molecular formula is C20H24N4O3. The van der Waals surface area contributed by atoms with Crippen molar-refractivity contribution in [3.05, 3.63) is 42.1 Å². The Hall–Kier alpha value is -2.51. The lowest BCUT2D eigenvalue weighted by Gasteiger charge is -2.38. The standard InChI is InChI=1S/C20H24N4O3/c25-16-8-14(9-16)20(15-7-13-3-1-2-4-17(13)22-10-15)23-19(27)12-24-6-5-21-18(26)11-24/h1-4,7,10,14,16,20,25H,5-6,8-9,11-12H2,(H,21,26)(H,23,27)/t14?,16?,20-/m1/s1. The molecule has 1 aliphatic carbocycles. The lowest BCUT2D eigenvalue weighted by molar-refractivity contribution is -0.127. The normalized spacial score (nSPS) is 24.1. The van der Waals surface area contributed by atoms with Crippen molar-refractivity contribution in [3.8, 4) is 0 Å². The summed E-state index contributed by atoms with van der Waals surface area (Å²) in [5.41, 5.74) is 1.87. The summed E-state index contributed by atoms with van der Waals surface area (Å²) in [6.07, 6.45) is 2.86. The number of rotatable bonds is 5. The van der Waals surface area contributed by atoms with Gasteiger partial charge in [-0.05, 0) is 36.5 Å². The summed E-state index contributed by atoms with van der Waals surface area (Å²) in [6.45, 7) is 1.68. The number of para-hydroxylation sites is 1. The molecule has 27 heavy (non-hydrogen) atoms. The van der Waals surface area contributed by atoms with Crippen LogP contribution < -0.4 is 10.6 Å². The van der Waals surface area contributed by atoms with Crippen molar-refractivity contribution in [2.24, 2.45) is 5.92 Å². The van der Waals surface area contributed by atoms with E-state index >= 15 is 0 Å². The van der Waals surface area contributed by atoms with Crippen LogP contribution in [0.2, 0.25) is 0 Å². The van der Waals surface area contributed by atoms with Gasteiger partial charge < -0.3 is 15.7 Å². The molecule has 1 aliphatic heterocycles. The SMILES string of the molecule is O=C1CN(CC(=O)N[C@@H](c2cnc3ccccc3c2)C2CC(O)C2)CCN1. The zero-order valence-electron chi connectivity index (χ0n) is 15.1. The number of hydrogen-bond donors (Lipinski definition) is 3. The zero-order valence-corrected chi connectivity index (χ0v) is 15.1. The average molecular weight is 368 g/mol. The van der Waals surface area contributed by atoms with E-state index < -0.39 is 0 Å². The van der Waals surface area contributed by atoms with Gasteiger partial charge in [0.15, 0.2) is 0 Å². The van der Waals surface area contributed by atoms with Gasteiger partial charge in [-0.15, -0.1) is 0 Å². The number of nitrogens with one attached hydrogen (secondary N) is 2. The minimum Gasteiger partial charge on any atom is -0.393 e. The molecule has 3 N–H and O–H groups in total. The van der Waals surface area contributed by atoms with Crippen LogP contribution in [0, 0.1) is 5.92 Å². The number of pyridine rings is 1. The molecule has 7 heteroatoms. The van der Waals surface area contributed by atoms with Crippen molar-refractivity contribution < 1.29 is 14.7 Å². The van der Waals surface area contributed by atoms with Crippen molar-refractivity contribution in [1.29, 1.82) is 0 Å². The van der Waals surface area contributed by atoms with E-state index in [1.165, 1.54) is 0 Å². The number of amides is 2. The highest BCUT2D eigenvalue weighted by Gasteiger charge is 2.36. The van der Waals surface area contributed by atoms with E-state index in [2.05, 4.69) is 21.7 Å². The van der Waals surface area contributed by atoms with Gasteiger partial charge in [0.1, 0.15) is 0 Å². The second-order valence-electron chi connectivity index (χ2n) is 7.45. The summed E-state index contributed by atoms with van der Waals surface area (Å²) < 4.78 is 0. The number of carbonyl (C=O) groups excluding carboxylic acids is 2. The molecule has 7 nitrogen and oxygen atoms in total. The van der Waals surface area contributed by atoms with E-state index in [-0.39, 0.29) is 43.0 Å². The Kier molecular flexibility index (Phi) is 5.05. The number of benzene rings is 1. The van der Waals surface area contributed by atoms with Gasteiger partial charge in [-0.2, -0.15) is 0 Å². The molecule has 2 amide bonds. The molecule has 1 aromatic heterocycles. The highest BCUT2D eigenvalue weighted by Crippen LogP contribution is 2.38. The Morgan fingerprint density at radius 1 is 1.37 bits per heavy atom. The number of aliphatic hydroxyl groups excluding tert-OH is 1. The number of carbonyl (C=O) groups is 2. The topological polar surface area (TPSA) is 94.6 Å². The summed E-state index contributed by atoms with van der Waals surface area (Å²) in [5, 5.41) is 16.6. The highest BCUT2D eigenvalue weighted by atomic mass is 16.3. The summed E-state index contributed by atoms with van der Waals surface area (Å²) >= 11 is 0. The fraction of sp³-hybridized carbons (Fsp3) is 0.450. The fourth-order valence-corrected chi connectivity index (χ4v) is 3.88. The number of aromatic nitrogens is 1. The third kappa shape index (κ3) is 4.09. The number of hydrogen-bond acceptors (Lipinski definition) is 5. The Labute approximate surface area is 157 Å². The van der Waals surface area contributed by atoms with E-state index in [0.29, 0.717) is 25.9 Å². The van der Waals surface area contributed by atoms with Gasteiger partial charge >= 0.3 is 0 Å². The Bertz CT molecular complexity index is 850. The van der Waals surface area contributed by atoms with Crippen LogP contribution in [0.25, 0.3) is 10.9 Å². The summed E-state index contributed by atoms with van der Waals surface area (Å²) in [7, 11) is 0. The van der Waals surface area contributed by atoms with E-state index in [0.717, 1.165) is 16.5 Å². The summed E-state index contributed by atoms with van der Waals surface area (Å²) in [5.74, 6) is 0.0345. The van der Waals surface area contributed by atoms with Crippen LogP contribution in [-0.2, 0) is 9.59 Å². The molecule has 142 valence electrons. The molecule has 2 fully saturated rings. The van der Waals surface area contributed by atoms with Gasteiger partial charge in [0.05, 0.1) is 30.8 Å². The quantitative estimate of drug-likeness (QED) is 0.718. The third-order valence-corrected chi connectivity index (χ3v) is 5.39. The maximum Gasteiger partial charge on any atom is 0.234 e. The van der Waals surface area contributed by atoms with Gasteiger partial charge in [-0.25, -0.2) is 0 Å². The molecule has 2 heterocycles. The van der Waals surface area contributed by atoms with Gasteiger partial charge in [0.2, 0.25) is 11.8 Å².